The number of benzene rings is 1. The lowest BCUT2D eigenvalue weighted by Gasteiger charge is -2.19. The molecule has 182 valence electrons. The normalized spacial score (nSPS) is 11.9. The molecule has 1 aromatic carbocycles. The Morgan fingerprint density at radius 2 is 2.03 bits per heavy atom. The number of ether oxygens (including phenoxy) is 2. The minimum atomic E-state index is -0.446. The molecule has 0 aliphatic carbocycles. The van der Waals surface area contributed by atoms with E-state index in [0.717, 1.165) is 23.7 Å². The molecule has 0 bridgehead atoms. The first kappa shape index (κ1) is 27.0. The molecule has 1 atom stereocenters. The molecule has 0 aliphatic heterocycles. The maximum absolute atomic E-state index is 12.8. The molecule has 1 amide bonds. The number of phenolic OH excluding ortho intramolecular Hbond substituents is 1. The molecule has 2 aromatic rings. The van der Waals surface area contributed by atoms with Crippen molar-refractivity contribution in [3.05, 3.63) is 49.9 Å². The van der Waals surface area contributed by atoms with E-state index >= 15 is 0 Å². The van der Waals surface area contributed by atoms with E-state index in [1.807, 2.05) is 19.2 Å². The van der Waals surface area contributed by atoms with Crippen LogP contribution in [-0.2, 0) is 11.3 Å². The largest absolute Gasteiger partial charge is 0.504 e. The summed E-state index contributed by atoms with van der Waals surface area (Å²) in [6.45, 7) is 7.45. The Balaban J connectivity index is 2.10. The molecular weight excluding hydrogens is 466 g/mol. The highest BCUT2D eigenvalue weighted by Crippen LogP contribution is 2.40. The molecule has 0 fully saturated rings. The van der Waals surface area contributed by atoms with Gasteiger partial charge in [0.05, 0.1) is 17.7 Å². The van der Waals surface area contributed by atoms with Gasteiger partial charge in [-0.15, -0.1) is 11.8 Å². The number of aromatic hydroxyl groups is 1. The number of phenols is 1. The van der Waals surface area contributed by atoms with Gasteiger partial charge >= 0.3 is 0 Å². The van der Waals surface area contributed by atoms with Crippen LogP contribution >= 0.6 is 23.4 Å². The van der Waals surface area contributed by atoms with E-state index in [2.05, 4.69) is 15.6 Å². The van der Waals surface area contributed by atoms with Crippen molar-refractivity contribution >= 4 is 29.3 Å². The second-order valence-corrected chi connectivity index (χ2v) is 8.93. The second-order valence-electron chi connectivity index (χ2n) is 7.68. The van der Waals surface area contributed by atoms with Crippen molar-refractivity contribution in [2.45, 2.75) is 44.7 Å². The highest BCUT2D eigenvalue weighted by molar-refractivity contribution is 7.98. The van der Waals surface area contributed by atoms with E-state index in [-0.39, 0.29) is 40.3 Å². The third-order valence-corrected chi connectivity index (χ3v) is 6.20. The molecule has 4 N–H and O–H groups in total. The maximum atomic E-state index is 12.8. The monoisotopic (exact) mass is 497 g/mol. The molecule has 1 heterocycles. The van der Waals surface area contributed by atoms with Gasteiger partial charge < -0.3 is 30.2 Å². The maximum Gasteiger partial charge on any atom is 0.254 e. The standard InChI is InChI=1S/C23H32ClN3O5S/c1-13-10-19(33-5)17(23(30)27-13)12-26-22(29)16-11-18(24)21(20(28)15(16)3)32-14(2)6-7-25-8-9-31-4/h10-11,14,25,28H,6-9,12H2,1-5H3,(H,26,29)(H,27,30). The van der Waals surface area contributed by atoms with Crippen LogP contribution in [0.1, 0.15) is 40.5 Å². The lowest BCUT2D eigenvalue weighted by atomic mass is 10.1. The second kappa shape index (κ2) is 12.9. The fraction of sp³-hybridized carbons (Fsp3) is 0.478. The van der Waals surface area contributed by atoms with Crippen molar-refractivity contribution < 1.29 is 19.4 Å². The quantitative estimate of drug-likeness (QED) is 0.262. The van der Waals surface area contributed by atoms with E-state index in [1.165, 1.54) is 17.8 Å². The van der Waals surface area contributed by atoms with Gasteiger partial charge in [-0.05, 0) is 52.1 Å². The van der Waals surface area contributed by atoms with Gasteiger partial charge in [0, 0.05) is 47.5 Å². The number of halogens is 1. The Kier molecular flexibility index (Phi) is 10.6. The number of amides is 1. The van der Waals surface area contributed by atoms with Gasteiger partial charge in [-0.1, -0.05) is 11.6 Å². The highest BCUT2D eigenvalue weighted by Gasteiger charge is 2.21. The van der Waals surface area contributed by atoms with Crippen LogP contribution in [-0.4, -0.2) is 55.2 Å². The number of methoxy groups -OCH3 is 1. The van der Waals surface area contributed by atoms with Gasteiger partial charge in [0.15, 0.2) is 11.5 Å². The summed E-state index contributed by atoms with van der Waals surface area (Å²) >= 11 is 7.79. The number of carbonyl (C=O) groups excluding carboxylic acids is 1. The molecule has 0 aliphatic rings. The lowest BCUT2D eigenvalue weighted by Crippen LogP contribution is -2.28. The van der Waals surface area contributed by atoms with Crippen molar-refractivity contribution in [2.24, 2.45) is 0 Å². The fourth-order valence-corrected chi connectivity index (χ4v) is 4.17. The van der Waals surface area contributed by atoms with E-state index in [9.17, 15) is 14.7 Å². The summed E-state index contributed by atoms with van der Waals surface area (Å²) in [6.07, 6.45) is 2.36. The number of hydrogen-bond donors (Lipinski definition) is 4. The van der Waals surface area contributed by atoms with E-state index < -0.39 is 5.91 Å². The summed E-state index contributed by atoms with van der Waals surface area (Å²) in [5, 5.41) is 16.8. The fourth-order valence-electron chi connectivity index (χ4n) is 3.22. The minimum Gasteiger partial charge on any atom is -0.504 e. The number of rotatable bonds is 12. The van der Waals surface area contributed by atoms with Crippen LogP contribution in [0.3, 0.4) is 0 Å². The summed E-state index contributed by atoms with van der Waals surface area (Å²) in [5.41, 5.74) is 1.55. The summed E-state index contributed by atoms with van der Waals surface area (Å²) in [4.78, 5) is 28.7. The molecule has 0 saturated heterocycles. The number of nitrogens with one attached hydrogen (secondary N) is 3. The first-order valence-electron chi connectivity index (χ1n) is 10.6. The summed E-state index contributed by atoms with van der Waals surface area (Å²) < 4.78 is 10.8. The Morgan fingerprint density at radius 3 is 2.70 bits per heavy atom. The number of carbonyl (C=O) groups is 1. The molecule has 1 unspecified atom stereocenters. The van der Waals surface area contributed by atoms with Gasteiger partial charge in [-0.25, -0.2) is 0 Å². The third kappa shape index (κ3) is 7.40. The number of thioether (sulfide) groups is 1. The average Bonchev–Trinajstić information content (AvgIpc) is 2.77. The van der Waals surface area contributed by atoms with E-state index in [0.29, 0.717) is 24.2 Å². The molecule has 8 nitrogen and oxygen atoms in total. The number of pyridine rings is 1. The van der Waals surface area contributed by atoms with Crippen LogP contribution in [0.15, 0.2) is 21.8 Å². The predicted molar refractivity (Wildman–Crippen MR) is 132 cm³/mol. The first-order valence-corrected chi connectivity index (χ1v) is 12.2. The zero-order chi connectivity index (χ0) is 24.5. The molecule has 0 radical (unpaired) electrons. The molecule has 10 heteroatoms. The van der Waals surface area contributed by atoms with Gasteiger partial charge in [0.25, 0.3) is 11.5 Å². The van der Waals surface area contributed by atoms with E-state index in [4.69, 9.17) is 21.1 Å². The lowest BCUT2D eigenvalue weighted by molar-refractivity contribution is 0.0949. The smallest absolute Gasteiger partial charge is 0.254 e. The van der Waals surface area contributed by atoms with Crippen LogP contribution < -0.4 is 20.9 Å². The Morgan fingerprint density at radius 1 is 1.30 bits per heavy atom. The highest BCUT2D eigenvalue weighted by atomic mass is 35.5. The van der Waals surface area contributed by atoms with Crippen molar-refractivity contribution in [1.82, 2.24) is 15.6 Å². The molecule has 0 saturated carbocycles. The topological polar surface area (TPSA) is 113 Å². The van der Waals surface area contributed by atoms with Crippen molar-refractivity contribution in [3.63, 3.8) is 0 Å². The number of aryl methyl sites for hydroxylation is 1. The van der Waals surface area contributed by atoms with Gasteiger partial charge in [0.2, 0.25) is 0 Å². The molecule has 0 spiro atoms. The Bertz CT molecular complexity index is 1030. The zero-order valence-corrected chi connectivity index (χ0v) is 21.2. The van der Waals surface area contributed by atoms with Crippen LogP contribution in [0, 0.1) is 13.8 Å². The predicted octanol–water partition coefficient (Wildman–Crippen LogP) is 3.40. The molecule has 1 aromatic heterocycles. The Labute approximate surface area is 203 Å². The van der Waals surface area contributed by atoms with Crippen LogP contribution in [0.4, 0.5) is 0 Å². The number of aromatic amines is 1. The number of hydrogen-bond acceptors (Lipinski definition) is 7. The summed E-state index contributed by atoms with van der Waals surface area (Å²) in [6, 6.07) is 3.33. The van der Waals surface area contributed by atoms with E-state index in [1.54, 1.807) is 21.0 Å². The molecule has 2 rings (SSSR count). The van der Waals surface area contributed by atoms with Crippen molar-refractivity contribution in [1.29, 1.82) is 0 Å². The zero-order valence-electron chi connectivity index (χ0n) is 19.6. The number of H-pyrrole nitrogens is 1. The first-order chi connectivity index (χ1) is 15.7. The third-order valence-electron chi connectivity index (χ3n) is 5.11. The van der Waals surface area contributed by atoms with Gasteiger partial charge in [-0.2, -0.15) is 0 Å². The molecular formula is C23H32ClN3O5S. The van der Waals surface area contributed by atoms with Crippen LogP contribution in [0.25, 0.3) is 0 Å². The van der Waals surface area contributed by atoms with Crippen molar-refractivity contribution in [3.8, 4) is 11.5 Å². The van der Waals surface area contributed by atoms with Gasteiger partial charge in [-0.3, -0.25) is 9.59 Å². The SMILES string of the molecule is COCCNCCC(C)Oc1c(Cl)cc(C(=O)NCc2c(SC)cc(C)[nH]c2=O)c(C)c1O. The minimum absolute atomic E-state index is 0.0494. The average molecular weight is 498 g/mol. The summed E-state index contributed by atoms with van der Waals surface area (Å²) in [5.74, 6) is -0.474. The van der Waals surface area contributed by atoms with Gasteiger partial charge in [0.1, 0.15) is 0 Å². The van der Waals surface area contributed by atoms with Crippen molar-refractivity contribution in [2.75, 3.05) is 33.1 Å². The van der Waals surface area contributed by atoms with Crippen LogP contribution in [0.5, 0.6) is 11.5 Å². The number of aromatic nitrogens is 1. The summed E-state index contributed by atoms with van der Waals surface area (Å²) in [7, 11) is 1.65. The van der Waals surface area contributed by atoms with Crippen LogP contribution in [0.2, 0.25) is 5.02 Å². The molecule has 33 heavy (non-hydrogen) atoms. The Hall–Kier alpha value is -2.20.